The van der Waals surface area contributed by atoms with Crippen molar-refractivity contribution in [3.8, 4) is 5.75 Å². The van der Waals surface area contributed by atoms with Crippen molar-refractivity contribution in [2.45, 2.75) is 45.8 Å². The zero-order valence-corrected chi connectivity index (χ0v) is 12.1. The molecule has 1 unspecified atom stereocenters. The van der Waals surface area contributed by atoms with Gasteiger partial charge in [0, 0.05) is 5.54 Å². The Bertz CT molecular complexity index is 406. The highest BCUT2D eigenvalue weighted by Gasteiger charge is 2.14. The lowest BCUT2D eigenvalue weighted by atomic mass is 10.1. The number of carbonyl (C=O) groups excluding carboxylic acids is 1. The molecule has 1 aromatic carbocycles. The third-order valence-corrected chi connectivity index (χ3v) is 2.54. The Morgan fingerprint density at radius 2 is 1.89 bits per heavy atom. The lowest BCUT2D eigenvalue weighted by Gasteiger charge is -2.20. The normalized spacial score (nSPS) is 12.9. The summed E-state index contributed by atoms with van der Waals surface area (Å²) in [7, 11) is 0. The van der Waals surface area contributed by atoms with E-state index >= 15 is 0 Å². The fraction of sp³-hybridized carbons (Fsp3) is 0.533. The molecule has 0 aliphatic heterocycles. The second-order valence-corrected chi connectivity index (χ2v) is 5.58. The quantitative estimate of drug-likeness (QED) is 0.859. The Kier molecular flexibility index (Phi) is 5.36. The summed E-state index contributed by atoms with van der Waals surface area (Å²) in [6.07, 6.45) is 0.229. The predicted molar refractivity (Wildman–Crippen MR) is 75.1 cm³/mol. The number of aliphatic hydroxyl groups is 1. The second-order valence-electron chi connectivity index (χ2n) is 5.58. The summed E-state index contributed by atoms with van der Waals surface area (Å²) in [5.74, 6) is 0.473. The van der Waals surface area contributed by atoms with Crippen molar-refractivity contribution in [1.82, 2.24) is 5.32 Å². The van der Waals surface area contributed by atoms with Crippen LogP contribution >= 0.6 is 0 Å². The van der Waals surface area contributed by atoms with Crippen molar-refractivity contribution in [3.63, 3.8) is 0 Å². The maximum atomic E-state index is 11.6. The zero-order valence-electron chi connectivity index (χ0n) is 12.1. The van der Waals surface area contributed by atoms with Crippen molar-refractivity contribution in [1.29, 1.82) is 0 Å². The Morgan fingerprint density at radius 3 is 2.37 bits per heavy atom. The molecule has 0 spiro atoms. The van der Waals surface area contributed by atoms with Crippen molar-refractivity contribution >= 4 is 5.91 Å². The molecule has 2 N–H and O–H groups in total. The highest BCUT2D eigenvalue weighted by atomic mass is 16.5. The lowest BCUT2D eigenvalue weighted by molar-refractivity contribution is -0.124. The minimum Gasteiger partial charge on any atom is -0.484 e. The maximum absolute atomic E-state index is 11.6. The fourth-order valence-electron chi connectivity index (χ4n) is 1.63. The number of benzene rings is 1. The van der Waals surface area contributed by atoms with Crippen molar-refractivity contribution in [3.05, 3.63) is 29.8 Å². The topological polar surface area (TPSA) is 58.6 Å². The highest BCUT2D eigenvalue weighted by molar-refractivity contribution is 5.78. The van der Waals surface area contributed by atoms with Crippen molar-refractivity contribution < 1.29 is 14.6 Å². The van der Waals surface area contributed by atoms with Gasteiger partial charge < -0.3 is 15.2 Å². The molecular weight excluding hydrogens is 242 g/mol. The van der Waals surface area contributed by atoms with Gasteiger partial charge >= 0.3 is 0 Å². The van der Waals surface area contributed by atoms with Gasteiger partial charge in [-0.25, -0.2) is 0 Å². The Labute approximate surface area is 114 Å². The van der Waals surface area contributed by atoms with Crippen LogP contribution in [0.4, 0.5) is 0 Å². The Balaban J connectivity index is 2.48. The molecule has 4 nitrogen and oxygen atoms in total. The van der Waals surface area contributed by atoms with Gasteiger partial charge in [-0.3, -0.25) is 4.79 Å². The SMILES string of the molecule is CCC(O)c1ccc(OCC(=O)NC(C)(C)C)cc1. The first-order valence-corrected chi connectivity index (χ1v) is 6.53. The largest absolute Gasteiger partial charge is 0.484 e. The first kappa shape index (κ1) is 15.5. The summed E-state index contributed by atoms with van der Waals surface area (Å²) >= 11 is 0. The third-order valence-electron chi connectivity index (χ3n) is 2.54. The smallest absolute Gasteiger partial charge is 0.258 e. The van der Waals surface area contributed by atoms with Gasteiger partial charge in [-0.2, -0.15) is 0 Å². The van der Waals surface area contributed by atoms with E-state index in [4.69, 9.17) is 4.74 Å². The molecular formula is C15H23NO3. The van der Waals surface area contributed by atoms with Gasteiger partial charge in [0.2, 0.25) is 0 Å². The van der Waals surface area contributed by atoms with Crippen LogP contribution in [0.25, 0.3) is 0 Å². The molecule has 1 aromatic rings. The minimum atomic E-state index is -0.446. The summed E-state index contributed by atoms with van der Waals surface area (Å²) in [4.78, 5) is 11.6. The second kappa shape index (κ2) is 6.57. The summed E-state index contributed by atoms with van der Waals surface area (Å²) < 4.78 is 5.39. The third kappa shape index (κ3) is 5.75. The molecule has 0 heterocycles. The monoisotopic (exact) mass is 265 g/mol. The van der Waals surface area contributed by atoms with Crippen LogP contribution in [0.3, 0.4) is 0 Å². The standard InChI is InChI=1S/C15H23NO3/c1-5-13(17)11-6-8-12(9-7-11)19-10-14(18)16-15(2,3)4/h6-9,13,17H,5,10H2,1-4H3,(H,16,18). The molecule has 0 aromatic heterocycles. The molecule has 0 saturated carbocycles. The van der Waals surface area contributed by atoms with Crippen LogP contribution in [0.5, 0.6) is 5.75 Å². The average Bonchev–Trinajstić information content (AvgIpc) is 2.34. The molecule has 0 bridgehead atoms. The Hall–Kier alpha value is -1.55. The van der Waals surface area contributed by atoms with Crippen LogP contribution in [-0.4, -0.2) is 23.2 Å². The zero-order chi connectivity index (χ0) is 14.5. The minimum absolute atomic E-state index is 0.00700. The molecule has 1 rings (SSSR count). The van der Waals surface area contributed by atoms with Crippen LogP contribution in [0.1, 0.15) is 45.8 Å². The number of carbonyl (C=O) groups is 1. The number of aliphatic hydroxyl groups excluding tert-OH is 1. The number of hydrogen-bond acceptors (Lipinski definition) is 3. The average molecular weight is 265 g/mol. The summed E-state index contributed by atoms with van der Waals surface area (Å²) in [5.41, 5.74) is 0.601. The maximum Gasteiger partial charge on any atom is 0.258 e. The molecule has 1 atom stereocenters. The molecule has 0 fully saturated rings. The molecule has 19 heavy (non-hydrogen) atoms. The van der Waals surface area contributed by atoms with Crippen LogP contribution in [0.15, 0.2) is 24.3 Å². The van der Waals surface area contributed by atoms with Crippen LogP contribution in [0.2, 0.25) is 0 Å². The van der Waals surface area contributed by atoms with E-state index in [9.17, 15) is 9.90 Å². The number of amides is 1. The number of nitrogens with one attached hydrogen (secondary N) is 1. The van der Waals surface area contributed by atoms with Crippen LogP contribution in [0, 0.1) is 0 Å². The fourth-order valence-corrected chi connectivity index (χ4v) is 1.63. The van der Waals surface area contributed by atoms with Gasteiger partial charge in [0.15, 0.2) is 6.61 Å². The van der Waals surface area contributed by atoms with Crippen LogP contribution in [-0.2, 0) is 4.79 Å². The molecule has 106 valence electrons. The molecule has 0 aliphatic rings. The van der Waals surface area contributed by atoms with E-state index in [2.05, 4.69) is 5.32 Å². The van der Waals surface area contributed by atoms with Crippen molar-refractivity contribution in [2.75, 3.05) is 6.61 Å². The van der Waals surface area contributed by atoms with Gasteiger partial charge in [-0.15, -0.1) is 0 Å². The number of hydrogen-bond donors (Lipinski definition) is 2. The highest BCUT2D eigenvalue weighted by Crippen LogP contribution is 2.19. The van der Waals surface area contributed by atoms with E-state index < -0.39 is 6.10 Å². The number of rotatable bonds is 5. The summed E-state index contributed by atoms with van der Waals surface area (Å²) in [5, 5.41) is 12.5. The number of ether oxygens (including phenoxy) is 1. The van der Waals surface area contributed by atoms with Gasteiger partial charge in [-0.1, -0.05) is 19.1 Å². The van der Waals surface area contributed by atoms with E-state index in [0.29, 0.717) is 12.2 Å². The van der Waals surface area contributed by atoms with E-state index in [1.54, 1.807) is 12.1 Å². The van der Waals surface area contributed by atoms with E-state index in [1.165, 1.54) is 0 Å². The molecule has 0 radical (unpaired) electrons. The van der Waals surface area contributed by atoms with Gasteiger partial charge in [0.1, 0.15) is 5.75 Å². The molecule has 0 aliphatic carbocycles. The van der Waals surface area contributed by atoms with Gasteiger partial charge in [0.25, 0.3) is 5.91 Å². The first-order chi connectivity index (χ1) is 8.81. The summed E-state index contributed by atoms with van der Waals surface area (Å²) in [6, 6.07) is 7.15. The lowest BCUT2D eigenvalue weighted by Crippen LogP contribution is -2.43. The van der Waals surface area contributed by atoms with E-state index in [0.717, 1.165) is 5.56 Å². The van der Waals surface area contributed by atoms with Crippen LogP contribution < -0.4 is 10.1 Å². The van der Waals surface area contributed by atoms with Crippen molar-refractivity contribution in [2.24, 2.45) is 0 Å². The Morgan fingerprint density at radius 1 is 1.32 bits per heavy atom. The molecule has 4 heteroatoms. The van der Waals surface area contributed by atoms with Gasteiger partial charge in [-0.05, 0) is 44.9 Å². The predicted octanol–water partition coefficient (Wildman–Crippen LogP) is 2.42. The first-order valence-electron chi connectivity index (χ1n) is 6.53. The van der Waals surface area contributed by atoms with Gasteiger partial charge in [0.05, 0.1) is 6.10 Å². The van der Waals surface area contributed by atoms with E-state index in [1.807, 2.05) is 39.8 Å². The molecule has 0 saturated heterocycles. The summed E-state index contributed by atoms with van der Waals surface area (Å²) in [6.45, 7) is 7.68. The molecule has 1 amide bonds. The van der Waals surface area contributed by atoms with E-state index in [-0.39, 0.29) is 18.1 Å².